The largest absolute Gasteiger partial charge is 0.497 e. The first kappa shape index (κ1) is 17.1. The number of ether oxygens (including phenoxy) is 2. The lowest BCUT2D eigenvalue weighted by molar-refractivity contribution is 0.102. The molecule has 7 heteroatoms. The molecule has 2 aromatic rings. The first-order valence-corrected chi connectivity index (χ1v) is 7.49. The molecule has 0 fully saturated rings. The van der Waals surface area contributed by atoms with E-state index in [1.807, 2.05) is 0 Å². The summed E-state index contributed by atoms with van der Waals surface area (Å²) in [4.78, 5) is 12.6. The van der Waals surface area contributed by atoms with Gasteiger partial charge in [0.15, 0.2) is 0 Å². The van der Waals surface area contributed by atoms with E-state index in [0.717, 1.165) is 0 Å². The Hall–Kier alpha value is -2.28. The molecule has 0 unspecified atom stereocenters. The summed E-state index contributed by atoms with van der Waals surface area (Å²) in [5, 5.41) is 2.71. The first-order valence-electron chi connectivity index (χ1n) is 6.61. The average Bonchev–Trinajstić information content (AvgIpc) is 2.55. The summed E-state index contributed by atoms with van der Waals surface area (Å²) in [5.74, 6) is -1.78. The van der Waals surface area contributed by atoms with Gasteiger partial charge in [0.05, 0.1) is 19.9 Å². The zero-order valence-electron chi connectivity index (χ0n) is 12.5. The van der Waals surface area contributed by atoms with Gasteiger partial charge in [0, 0.05) is 16.5 Å². The third kappa shape index (κ3) is 4.59. The SMILES string of the molecule is COc1ccc(NC(=O)c2ccc(SC(F)F)cc2)c(OC)c1. The van der Waals surface area contributed by atoms with Crippen LogP contribution in [0.4, 0.5) is 14.5 Å². The third-order valence-corrected chi connectivity index (χ3v) is 3.72. The van der Waals surface area contributed by atoms with Gasteiger partial charge >= 0.3 is 0 Å². The molecule has 4 nitrogen and oxygen atoms in total. The smallest absolute Gasteiger partial charge is 0.288 e. The third-order valence-electron chi connectivity index (χ3n) is 3.00. The Kier molecular flexibility index (Phi) is 5.81. The number of hydrogen-bond acceptors (Lipinski definition) is 4. The number of rotatable bonds is 6. The van der Waals surface area contributed by atoms with E-state index in [9.17, 15) is 13.6 Å². The number of amides is 1. The number of hydrogen-bond donors (Lipinski definition) is 1. The van der Waals surface area contributed by atoms with Gasteiger partial charge in [-0.1, -0.05) is 11.8 Å². The fourth-order valence-electron chi connectivity index (χ4n) is 1.88. The number of benzene rings is 2. The van der Waals surface area contributed by atoms with Crippen molar-refractivity contribution >= 4 is 23.4 Å². The van der Waals surface area contributed by atoms with Crippen LogP contribution in [-0.2, 0) is 0 Å². The van der Waals surface area contributed by atoms with Crippen LogP contribution in [0.2, 0.25) is 0 Å². The van der Waals surface area contributed by atoms with Gasteiger partial charge in [0.1, 0.15) is 11.5 Å². The first-order chi connectivity index (χ1) is 11.0. The van der Waals surface area contributed by atoms with E-state index in [2.05, 4.69) is 5.32 Å². The number of alkyl halides is 2. The van der Waals surface area contributed by atoms with Crippen LogP contribution in [0.3, 0.4) is 0 Å². The number of nitrogens with one attached hydrogen (secondary N) is 1. The van der Waals surface area contributed by atoms with E-state index < -0.39 is 5.76 Å². The van der Waals surface area contributed by atoms with Crippen molar-refractivity contribution in [2.24, 2.45) is 0 Å². The lowest BCUT2D eigenvalue weighted by Gasteiger charge is -2.11. The van der Waals surface area contributed by atoms with Crippen LogP contribution in [0.1, 0.15) is 10.4 Å². The molecule has 0 spiro atoms. The molecule has 0 aliphatic carbocycles. The highest BCUT2D eigenvalue weighted by Crippen LogP contribution is 2.30. The summed E-state index contributed by atoms with van der Waals surface area (Å²) in [6.45, 7) is 0. The Labute approximate surface area is 136 Å². The highest BCUT2D eigenvalue weighted by atomic mass is 32.2. The molecule has 0 aromatic heterocycles. The van der Waals surface area contributed by atoms with E-state index in [-0.39, 0.29) is 5.91 Å². The van der Waals surface area contributed by atoms with E-state index in [0.29, 0.717) is 39.4 Å². The second kappa shape index (κ2) is 7.82. The van der Waals surface area contributed by atoms with Gasteiger partial charge in [-0.25, -0.2) is 0 Å². The summed E-state index contributed by atoms with van der Waals surface area (Å²) in [6, 6.07) is 11.0. The average molecular weight is 339 g/mol. The molecule has 0 bridgehead atoms. The van der Waals surface area contributed by atoms with Crippen molar-refractivity contribution in [1.29, 1.82) is 0 Å². The Bertz CT molecular complexity index is 678. The quantitative estimate of drug-likeness (QED) is 0.799. The summed E-state index contributed by atoms with van der Waals surface area (Å²) < 4.78 is 34.8. The zero-order valence-corrected chi connectivity index (χ0v) is 13.3. The minimum absolute atomic E-state index is 0.359. The number of carbonyl (C=O) groups is 1. The topological polar surface area (TPSA) is 47.6 Å². The van der Waals surface area contributed by atoms with Crippen molar-refractivity contribution in [2.45, 2.75) is 10.7 Å². The lowest BCUT2D eigenvalue weighted by atomic mass is 10.2. The molecule has 0 heterocycles. The van der Waals surface area contributed by atoms with Gasteiger partial charge in [-0.2, -0.15) is 8.78 Å². The minimum Gasteiger partial charge on any atom is -0.497 e. The molecule has 1 N–H and O–H groups in total. The van der Waals surface area contributed by atoms with Crippen LogP contribution >= 0.6 is 11.8 Å². The van der Waals surface area contributed by atoms with Crippen molar-refractivity contribution < 1.29 is 23.0 Å². The van der Waals surface area contributed by atoms with Crippen molar-refractivity contribution in [3.8, 4) is 11.5 Å². The van der Waals surface area contributed by atoms with Crippen LogP contribution in [0, 0.1) is 0 Å². The Morgan fingerprint density at radius 1 is 1.09 bits per heavy atom. The maximum Gasteiger partial charge on any atom is 0.288 e. The second-order valence-electron chi connectivity index (χ2n) is 4.42. The van der Waals surface area contributed by atoms with Gasteiger partial charge in [-0.15, -0.1) is 0 Å². The standard InChI is InChI=1S/C16H15F2NO3S/c1-21-11-5-8-13(14(9-11)22-2)19-15(20)10-3-6-12(7-4-10)23-16(17)18/h3-9,16H,1-2H3,(H,19,20). The van der Waals surface area contributed by atoms with Crippen molar-refractivity contribution in [2.75, 3.05) is 19.5 Å². The number of carbonyl (C=O) groups excluding carboxylic acids is 1. The summed E-state index contributed by atoms with van der Waals surface area (Å²) in [5.41, 5.74) is 0.853. The maximum atomic E-state index is 12.3. The molecule has 0 atom stereocenters. The molecule has 1 amide bonds. The van der Waals surface area contributed by atoms with Crippen LogP contribution < -0.4 is 14.8 Å². The molecule has 122 valence electrons. The van der Waals surface area contributed by atoms with Crippen LogP contribution in [-0.4, -0.2) is 25.9 Å². The highest BCUT2D eigenvalue weighted by molar-refractivity contribution is 7.99. The van der Waals surface area contributed by atoms with Crippen LogP contribution in [0.15, 0.2) is 47.4 Å². The lowest BCUT2D eigenvalue weighted by Crippen LogP contribution is -2.12. The van der Waals surface area contributed by atoms with E-state index >= 15 is 0 Å². The molecule has 0 aliphatic heterocycles. The number of thioether (sulfide) groups is 1. The Balaban J connectivity index is 2.12. The molecular weight excluding hydrogens is 324 g/mol. The van der Waals surface area contributed by atoms with Crippen LogP contribution in [0.5, 0.6) is 11.5 Å². The summed E-state index contributed by atoms with van der Waals surface area (Å²) >= 11 is 0.434. The molecular formula is C16H15F2NO3S. The molecule has 0 aliphatic rings. The van der Waals surface area contributed by atoms with Gasteiger partial charge in [0.2, 0.25) is 0 Å². The minimum atomic E-state index is -2.49. The second-order valence-corrected chi connectivity index (χ2v) is 5.49. The van der Waals surface area contributed by atoms with E-state index in [1.165, 1.54) is 38.5 Å². The molecule has 2 rings (SSSR count). The van der Waals surface area contributed by atoms with Gasteiger partial charge < -0.3 is 14.8 Å². The number of halogens is 2. The predicted octanol–water partition coefficient (Wildman–Crippen LogP) is 4.27. The highest BCUT2D eigenvalue weighted by Gasteiger charge is 2.12. The zero-order chi connectivity index (χ0) is 16.8. The van der Waals surface area contributed by atoms with Gasteiger partial charge in [-0.05, 0) is 36.4 Å². The number of methoxy groups -OCH3 is 2. The van der Waals surface area contributed by atoms with Gasteiger partial charge in [-0.3, -0.25) is 4.79 Å². The normalized spacial score (nSPS) is 10.5. The molecule has 23 heavy (non-hydrogen) atoms. The van der Waals surface area contributed by atoms with Crippen molar-refractivity contribution in [3.63, 3.8) is 0 Å². The molecule has 0 saturated heterocycles. The van der Waals surface area contributed by atoms with Gasteiger partial charge in [0.25, 0.3) is 11.7 Å². The molecule has 0 saturated carbocycles. The summed E-state index contributed by atoms with van der Waals surface area (Å²) in [6.07, 6.45) is 0. The van der Waals surface area contributed by atoms with Crippen molar-refractivity contribution in [1.82, 2.24) is 0 Å². The monoisotopic (exact) mass is 339 g/mol. The van der Waals surface area contributed by atoms with Crippen LogP contribution in [0.25, 0.3) is 0 Å². The van der Waals surface area contributed by atoms with E-state index in [1.54, 1.807) is 18.2 Å². The predicted molar refractivity (Wildman–Crippen MR) is 85.8 cm³/mol. The fourth-order valence-corrected chi connectivity index (χ4v) is 2.38. The number of anilines is 1. The fraction of sp³-hybridized carbons (Fsp3) is 0.188. The maximum absolute atomic E-state index is 12.3. The molecule has 0 radical (unpaired) electrons. The van der Waals surface area contributed by atoms with E-state index in [4.69, 9.17) is 9.47 Å². The molecule has 2 aromatic carbocycles. The van der Waals surface area contributed by atoms with Crippen molar-refractivity contribution in [3.05, 3.63) is 48.0 Å². The Morgan fingerprint density at radius 2 is 1.78 bits per heavy atom. The Morgan fingerprint density at radius 3 is 2.35 bits per heavy atom. The summed E-state index contributed by atoms with van der Waals surface area (Å²) in [7, 11) is 3.02.